The number of amides is 2. The summed E-state index contributed by atoms with van der Waals surface area (Å²) in [5, 5.41) is 0.400. The van der Waals surface area contributed by atoms with Crippen molar-refractivity contribution in [2.45, 2.75) is 30.9 Å². The number of halogens is 1. The molecule has 1 saturated heterocycles. The number of rotatable bonds is 10. The summed E-state index contributed by atoms with van der Waals surface area (Å²) in [6, 6.07) is 39.2. The minimum absolute atomic E-state index is 0.0554. The fraction of sp³-hybridized carbons (Fsp3) is 0.233. The fourth-order valence-electron chi connectivity index (χ4n) is 7.24. The number of hydrogen-bond acceptors (Lipinski definition) is 6. The van der Waals surface area contributed by atoms with Crippen molar-refractivity contribution in [3.63, 3.8) is 0 Å². The Morgan fingerprint density at radius 1 is 0.827 bits per heavy atom. The zero-order valence-electron chi connectivity index (χ0n) is 29.0. The summed E-state index contributed by atoms with van der Waals surface area (Å²) in [7, 11) is 1.48. The van der Waals surface area contributed by atoms with Crippen molar-refractivity contribution in [3.05, 3.63) is 166 Å². The van der Waals surface area contributed by atoms with Crippen LogP contribution in [0.15, 0.2) is 127 Å². The van der Waals surface area contributed by atoms with Gasteiger partial charge in [-0.3, -0.25) is 14.5 Å². The molecule has 0 bridgehead atoms. The summed E-state index contributed by atoms with van der Waals surface area (Å²) in [4.78, 5) is 45.0. The van der Waals surface area contributed by atoms with Crippen LogP contribution in [0.3, 0.4) is 0 Å². The Balaban J connectivity index is 1.19. The molecule has 0 spiro atoms. The maximum atomic E-state index is 14.4. The molecule has 5 aromatic rings. The highest BCUT2D eigenvalue weighted by molar-refractivity contribution is 6.31. The van der Waals surface area contributed by atoms with Gasteiger partial charge >= 0.3 is 12.1 Å². The third-order valence-electron chi connectivity index (χ3n) is 9.96. The summed E-state index contributed by atoms with van der Waals surface area (Å²) in [6.45, 7) is 2.79. The number of hydrogen-bond donors (Lipinski definition) is 0. The number of aryl methyl sites for hydroxylation is 1. The quantitative estimate of drug-likeness (QED) is 0.108. The first-order valence-corrected chi connectivity index (χ1v) is 17.7. The average molecular weight is 715 g/mol. The van der Waals surface area contributed by atoms with E-state index in [2.05, 4.69) is 12.1 Å². The fourth-order valence-corrected chi connectivity index (χ4v) is 7.51. The van der Waals surface area contributed by atoms with E-state index in [9.17, 15) is 14.4 Å². The van der Waals surface area contributed by atoms with Crippen molar-refractivity contribution in [1.29, 1.82) is 0 Å². The molecule has 2 amide bonds. The molecule has 0 radical (unpaired) electrons. The van der Waals surface area contributed by atoms with Crippen LogP contribution in [-0.4, -0.2) is 67.3 Å². The maximum Gasteiger partial charge on any atom is 0.410 e. The molecule has 1 aliphatic heterocycles. The van der Waals surface area contributed by atoms with Gasteiger partial charge < -0.3 is 19.1 Å². The molecule has 0 N–H and O–H groups in total. The van der Waals surface area contributed by atoms with Crippen molar-refractivity contribution in [3.8, 4) is 11.1 Å². The molecule has 1 heterocycles. The second kappa shape index (κ2) is 15.0. The molecule has 0 aromatic heterocycles. The average Bonchev–Trinajstić information content (AvgIpc) is 3.83. The Kier molecular flexibility index (Phi) is 10.1. The van der Waals surface area contributed by atoms with Crippen molar-refractivity contribution >= 4 is 29.6 Å². The van der Waals surface area contributed by atoms with E-state index in [0.29, 0.717) is 34.9 Å². The Morgan fingerprint density at radius 2 is 1.42 bits per heavy atom. The zero-order valence-corrected chi connectivity index (χ0v) is 29.8. The summed E-state index contributed by atoms with van der Waals surface area (Å²) in [5.41, 5.74) is 5.79. The monoisotopic (exact) mass is 714 g/mol. The van der Waals surface area contributed by atoms with Gasteiger partial charge in [-0.25, -0.2) is 4.79 Å². The molecule has 0 saturated carbocycles. The van der Waals surface area contributed by atoms with E-state index in [1.54, 1.807) is 6.07 Å². The Hall–Kier alpha value is -5.44. The molecule has 5 aromatic carbocycles. The van der Waals surface area contributed by atoms with Gasteiger partial charge in [0.1, 0.15) is 19.4 Å². The highest BCUT2D eigenvalue weighted by atomic mass is 35.5. The van der Waals surface area contributed by atoms with E-state index in [4.69, 9.17) is 25.8 Å². The highest BCUT2D eigenvalue weighted by Gasteiger charge is 2.44. The van der Waals surface area contributed by atoms with Crippen molar-refractivity contribution in [2.75, 3.05) is 33.5 Å². The molecule has 52 heavy (non-hydrogen) atoms. The minimum atomic E-state index is -1.48. The molecule has 264 valence electrons. The molecule has 1 aliphatic carbocycles. The van der Waals surface area contributed by atoms with E-state index in [0.717, 1.165) is 27.8 Å². The van der Waals surface area contributed by atoms with Gasteiger partial charge in [0.15, 0.2) is 5.60 Å². The molecule has 1 unspecified atom stereocenters. The van der Waals surface area contributed by atoms with Gasteiger partial charge in [-0.2, -0.15) is 0 Å². The molecule has 1 fully saturated rings. The number of likely N-dealkylation sites (N-methyl/N-ethyl adjacent to an activating group) is 1. The van der Waals surface area contributed by atoms with Crippen LogP contribution in [0.5, 0.6) is 0 Å². The Bertz CT molecular complexity index is 2040. The van der Waals surface area contributed by atoms with Gasteiger partial charge in [0.2, 0.25) is 5.91 Å². The second-order valence-corrected chi connectivity index (χ2v) is 13.5. The molecule has 7 rings (SSSR count). The first kappa shape index (κ1) is 35.0. The van der Waals surface area contributed by atoms with Gasteiger partial charge in [0.05, 0.1) is 13.0 Å². The van der Waals surface area contributed by atoms with E-state index < -0.39 is 36.0 Å². The van der Waals surface area contributed by atoms with Gasteiger partial charge in [0, 0.05) is 41.2 Å². The standard InChI is InChI=1S/C43H39ClN2O6/c1-29-20-22-31(23-21-29)43(30-12-4-3-5-13-30,37-18-10-11-19-38(37)44)52-40(47)26-39(41(48)46-24-25-50-28-46)45(2)42(49)51-27-36-34-16-8-6-14-32(34)33-15-7-9-17-35(33)36/h3-23,36,39H,24-28H2,1-2H3/t39-,43?/m0/s1. The predicted octanol–water partition coefficient (Wildman–Crippen LogP) is 7.94. The van der Waals surface area contributed by atoms with Crippen LogP contribution in [0.1, 0.15) is 45.7 Å². The summed E-state index contributed by atoms with van der Waals surface area (Å²) < 4.78 is 18.0. The van der Waals surface area contributed by atoms with E-state index >= 15 is 0 Å². The highest BCUT2D eigenvalue weighted by Crippen LogP contribution is 2.45. The van der Waals surface area contributed by atoms with Crippen molar-refractivity contribution in [2.24, 2.45) is 0 Å². The van der Waals surface area contributed by atoms with Crippen molar-refractivity contribution in [1.82, 2.24) is 9.80 Å². The predicted molar refractivity (Wildman–Crippen MR) is 199 cm³/mol. The van der Waals surface area contributed by atoms with Crippen LogP contribution >= 0.6 is 11.6 Å². The molecule has 2 aliphatic rings. The summed E-state index contributed by atoms with van der Waals surface area (Å²) >= 11 is 6.87. The Morgan fingerprint density at radius 3 is 2.06 bits per heavy atom. The van der Waals surface area contributed by atoms with Crippen LogP contribution in [0.4, 0.5) is 4.79 Å². The van der Waals surface area contributed by atoms with Crippen LogP contribution < -0.4 is 0 Å². The summed E-state index contributed by atoms with van der Waals surface area (Å²) in [6.07, 6.45) is -1.17. The lowest BCUT2D eigenvalue weighted by molar-refractivity contribution is -0.157. The molecule has 2 atom stereocenters. The van der Waals surface area contributed by atoms with E-state index in [1.165, 1.54) is 16.8 Å². The molecule has 9 heteroatoms. The lowest BCUT2D eigenvalue weighted by Gasteiger charge is -2.37. The van der Waals surface area contributed by atoms with Crippen molar-refractivity contribution < 1.29 is 28.6 Å². The van der Waals surface area contributed by atoms with E-state index in [-0.39, 0.29) is 19.3 Å². The first-order valence-electron chi connectivity index (χ1n) is 17.3. The zero-order chi connectivity index (χ0) is 36.2. The third-order valence-corrected chi connectivity index (χ3v) is 10.3. The van der Waals surface area contributed by atoms with E-state index in [1.807, 2.05) is 116 Å². The van der Waals surface area contributed by atoms with Gasteiger partial charge in [-0.15, -0.1) is 0 Å². The SMILES string of the molecule is Cc1ccc(C(OC(=O)C[C@@H](C(=O)N2CCOC2)N(C)C(=O)OCC2c3ccccc3-c3ccccc32)(c2ccccc2)c2ccccc2Cl)cc1. The number of carbonyl (C=O) groups excluding carboxylic acids is 3. The topological polar surface area (TPSA) is 85.4 Å². The number of ether oxygens (including phenoxy) is 3. The number of benzene rings is 5. The lowest BCUT2D eigenvalue weighted by Crippen LogP contribution is -2.50. The number of carbonyl (C=O) groups is 3. The Labute approximate surface area is 308 Å². The molecular weight excluding hydrogens is 676 g/mol. The van der Waals surface area contributed by atoms with Crippen LogP contribution in [0.2, 0.25) is 5.02 Å². The van der Waals surface area contributed by atoms with Gasteiger partial charge in [0.25, 0.3) is 0 Å². The lowest BCUT2D eigenvalue weighted by atomic mass is 9.79. The van der Waals surface area contributed by atoms with Crippen LogP contribution in [0.25, 0.3) is 11.1 Å². The first-order chi connectivity index (χ1) is 25.3. The smallest absolute Gasteiger partial charge is 0.410 e. The van der Waals surface area contributed by atoms with Gasteiger partial charge in [-0.05, 0) is 35.2 Å². The molecular formula is C43H39ClN2O6. The normalized spacial score (nSPS) is 15.2. The largest absolute Gasteiger partial charge is 0.448 e. The van der Waals surface area contributed by atoms with Crippen LogP contribution in [-0.2, 0) is 29.4 Å². The number of esters is 1. The second-order valence-electron chi connectivity index (χ2n) is 13.1. The third kappa shape index (κ3) is 6.67. The number of nitrogens with zero attached hydrogens (tertiary/aromatic N) is 2. The maximum absolute atomic E-state index is 14.4. The summed E-state index contributed by atoms with van der Waals surface area (Å²) in [5.74, 6) is -1.32. The van der Waals surface area contributed by atoms with Crippen LogP contribution in [0, 0.1) is 6.92 Å². The van der Waals surface area contributed by atoms with Gasteiger partial charge in [-0.1, -0.05) is 138 Å². The molecule has 8 nitrogen and oxygen atoms in total. The number of fused-ring (bicyclic) bond motifs is 3. The minimum Gasteiger partial charge on any atom is -0.448 e.